The summed E-state index contributed by atoms with van der Waals surface area (Å²) in [5, 5.41) is 14.5. The maximum Gasteiger partial charge on any atom is 0.382 e. The quantitative estimate of drug-likeness (QED) is 0.412. The van der Waals surface area contributed by atoms with E-state index < -0.39 is 22.9 Å². The lowest BCUT2D eigenvalue weighted by atomic mass is 9.88. The van der Waals surface area contributed by atoms with Crippen LogP contribution in [0.15, 0.2) is 41.8 Å². The van der Waals surface area contributed by atoms with Crippen molar-refractivity contribution in [2.75, 3.05) is 6.61 Å². The number of rotatable bonds is 6. The fourth-order valence-electron chi connectivity index (χ4n) is 3.19. The number of aromatic amines is 1. The number of ether oxygens (including phenoxy) is 1. The predicted molar refractivity (Wildman–Crippen MR) is 96.6 cm³/mol. The Balaban J connectivity index is 2.23. The molecule has 3 rings (SSSR count). The average molecular weight is 358 g/mol. The Morgan fingerprint density at radius 2 is 2.08 bits per heavy atom. The van der Waals surface area contributed by atoms with Crippen LogP contribution < -0.4 is 0 Å². The van der Waals surface area contributed by atoms with Crippen molar-refractivity contribution < 1.29 is 14.5 Å². The van der Waals surface area contributed by atoms with Gasteiger partial charge >= 0.3 is 12.0 Å². The Morgan fingerprint density at radius 3 is 2.72 bits per heavy atom. The first-order valence-electron chi connectivity index (χ1n) is 7.95. The second-order valence-corrected chi connectivity index (χ2v) is 6.66. The highest BCUT2D eigenvalue weighted by Crippen LogP contribution is 2.39. The number of carbonyl (C=O) groups excluding carboxylic acids is 1. The summed E-state index contributed by atoms with van der Waals surface area (Å²) in [4.78, 5) is 27.7. The fraction of sp³-hybridized carbons (Fsp3) is 0.278. The summed E-state index contributed by atoms with van der Waals surface area (Å²) in [7, 11) is 0. The van der Waals surface area contributed by atoms with Crippen LogP contribution in [0.4, 0.5) is 0 Å². The maximum atomic E-state index is 12.4. The molecule has 2 unspecified atom stereocenters. The smallest absolute Gasteiger partial charge is 0.382 e. The minimum atomic E-state index is -1.49. The van der Waals surface area contributed by atoms with Crippen molar-refractivity contribution in [3.05, 3.63) is 68.0 Å². The number of aryl methyl sites for hydroxylation is 1. The zero-order valence-corrected chi connectivity index (χ0v) is 14.7. The van der Waals surface area contributed by atoms with Gasteiger partial charge in [-0.2, -0.15) is 0 Å². The summed E-state index contributed by atoms with van der Waals surface area (Å²) < 4.78 is 5.01. The highest BCUT2D eigenvalue weighted by molar-refractivity contribution is 7.10. The molecule has 0 bridgehead atoms. The number of para-hydroxylation sites is 1. The maximum absolute atomic E-state index is 12.4. The van der Waals surface area contributed by atoms with Crippen LogP contribution in [0, 0.1) is 17.0 Å². The molecular weight excluding hydrogens is 340 g/mol. The molecule has 0 radical (unpaired) electrons. The van der Waals surface area contributed by atoms with Gasteiger partial charge in [-0.25, -0.2) is 4.79 Å². The van der Waals surface area contributed by atoms with Crippen LogP contribution in [0.1, 0.15) is 29.0 Å². The average Bonchev–Trinajstić information content (AvgIpc) is 3.19. The third-order valence-electron chi connectivity index (χ3n) is 4.18. The minimum absolute atomic E-state index is 0.104. The second kappa shape index (κ2) is 7.06. The molecule has 0 amide bonds. The van der Waals surface area contributed by atoms with Crippen LogP contribution in [0.5, 0.6) is 0 Å². The van der Waals surface area contributed by atoms with Gasteiger partial charge in [-0.1, -0.05) is 24.3 Å². The molecule has 2 aromatic heterocycles. The number of esters is 1. The van der Waals surface area contributed by atoms with Gasteiger partial charge in [0.1, 0.15) is 0 Å². The Hall–Kier alpha value is -2.67. The Morgan fingerprint density at radius 1 is 1.32 bits per heavy atom. The van der Waals surface area contributed by atoms with E-state index in [1.54, 1.807) is 6.92 Å². The van der Waals surface area contributed by atoms with Gasteiger partial charge in [0.15, 0.2) is 0 Å². The van der Waals surface area contributed by atoms with Gasteiger partial charge in [-0.15, -0.1) is 11.3 Å². The summed E-state index contributed by atoms with van der Waals surface area (Å²) in [6.45, 7) is 3.62. The van der Waals surface area contributed by atoms with E-state index in [2.05, 4.69) is 4.98 Å². The van der Waals surface area contributed by atoms with Gasteiger partial charge in [0, 0.05) is 26.4 Å². The van der Waals surface area contributed by atoms with E-state index in [4.69, 9.17) is 4.74 Å². The molecule has 0 spiro atoms. The van der Waals surface area contributed by atoms with Crippen LogP contribution in [-0.2, 0) is 9.53 Å². The van der Waals surface area contributed by atoms with Gasteiger partial charge in [0.25, 0.3) is 0 Å². The SMILES string of the molecule is CCOC(=O)C(C(c1cccs1)c1c(C)[nH]c2ccccc12)[N+](=O)[O-]. The first-order valence-corrected chi connectivity index (χ1v) is 8.83. The van der Waals surface area contributed by atoms with Gasteiger partial charge < -0.3 is 9.72 Å². The van der Waals surface area contributed by atoms with E-state index in [9.17, 15) is 14.9 Å². The minimum Gasteiger partial charge on any atom is -0.461 e. The van der Waals surface area contributed by atoms with Crippen molar-refractivity contribution >= 4 is 28.2 Å². The number of thiophene rings is 1. The van der Waals surface area contributed by atoms with E-state index in [0.717, 1.165) is 27.0 Å². The molecule has 0 saturated carbocycles. The van der Waals surface area contributed by atoms with Crippen LogP contribution in [-0.4, -0.2) is 28.5 Å². The Kier molecular flexibility index (Phi) is 4.85. The first-order chi connectivity index (χ1) is 12.0. The molecule has 2 atom stereocenters. The Bertz CT molecular complexity index is 901. The molecule has 3 aromatic rings. The Labute approximate surface area is 148 Å². The normalized spacial score (nSPS) is 13.5. The van der Waals surface area contributed by atoms with Crippen molar-refractivity contribution in [2.45, 2.75) is 25.8 Å². The second-order valence-electron chi connectivity index (χ2n) is 5.68. The molecule has 2 heterocycles. The van der Waals surface area contributed by atoms with E-state index in [-0.39, 0.29) is 6.61 Å². The third-order valence-corrected chi connectivity index (χ3v) is 5.13. The molecule has 0 aliphatic rings. The summed E-state index contributed by atoms with van der Waals surface area (Å²) >= 11 is 1.40. The van der Waals surface area contributed by atoms with Gasteiger partial charge in [0.2, 0.25) is 0 Å². The lowest BCUT2D eigenvalue weighted by Crippen LogP contribution is -2.37. The van der Waals surface area contributed by atoms with E-state index in [0.29, 0.717) is 0 Å². The van der Waals surface area contributed by atoms with E-state index >= 15 is 0 Å². The van der Waals surface area contributed by atoms with Crippen molar-refractivity contribution in [1.29, 1.82) is 0 Å². The molecule has 0 saturated heterocycles. The molecule has 0 aliphatic carbocycles. The molecule has 1 N–H and O–H groups in total. The number of benzene rings is 1. The molecule has 7 heteroatoms. The monoisotopic (exact) mass is 358 g/mol. The summed E-state index contributed by atoms with van der Waals surface area (Å²) in [6.07, 6.45) is 0. The third kappa shape index (κ3) is 3.15. The van der Waals surface area contributed by atoms with Crippen LogP contribution in [0.25, 0.3) is 10.9 Å². The number of carbonyl (C=O) groups is 1. The summed E-state index contributed by atoms with van der Waals surface area (Å²) in [5.41, 5.74) is 2.48. The zero-order valence-electron chi connectivity index (χ0n) is 13.9. The van der Waals surface area contributed by atoms with E-state index in [1.807, 2.05) is 48.7 Å². The standard InChI is InChI=1S/C18H18N2O4S/c1-3-24-18(21)17(20(22)23)16(14-9-6-10-25-14)15-11(2)19-13-8-5-4-7-12(13)15/h4-10,16-17,19H,3H2,1-2H3. The van der Waals surface area contributed by atoms with E-state index in [1.165, 1.54) is 11.3 Å². The number of hydrogen-bond donors (Lipinski definition) is 1. The van der Waals surface area contributed by atoms with Crippen LogP contribution in [0.2, 0.25) is 0 Å². The topological polar surface area (TPSA) is 85.2 Å². The molecule has 1 aromatic carbocycles. The number of nitro groups is 1. The number of fused-ring (bicyclic) bond motifs is 1. The largest absolute Gasteiger partial charge is 0.461 e. The molecule has 130 valence electrons. The highest BCUT2D eigenvalue weighted by atomic mass is 32.1. The number of nitrogens with one attached hydrogen (secondary N) is 1. The molecule has 25 heavy (non-hydrogen) atoms. The number of hydrogen-bond acceptors (Lipinski definition) is 5. The zero-order chi connectivity index (χ0) is 18.0. The summed E-state index contributed by atoms with van der Waals surface area (Å²) in [6, 6.07) is 9.79. The summed E-state index contributed by atoms with van der Waals surface area (Å²) in [5.74, 6) is -1.51. The van der Waals surface area contributed by atoms with Crippen LogP contribution >= 0.6 is 11.3 Å². The lowest BCUT2D eigenvalue weighted by Gasteiger charge is -2.19. The number of H-pyrrole nitrogens is 1. The number of nitrogens with zero attached hydrogens (tertiary/aromatic N) is 1. The lowest BCUT2D eigenvalue weighted by molar-refractivity contribution is -0.512. The number of aromatic nitrogens is 1. The highest BCUT2D eigenvalue weighted by Gasteiger charge is 2.44. The predicted octanol–water partition coefficient (Wildman–Crippen LogP) is 3.88. The molecular formula is C18H18N2O4S. The van der Waals surface area contributed by atoms with Gasteiger partial charge in [-0.3, -0.25) is 10.1 Å². The fourth-order valence-corrected chi connectivity index (χ4v) is 4.06. The molecule has 0 aliphatic heterocycles. The molecule has 0 fully saturated rings. The van der Waals surface area contributed by atoms with Crippen molar-refractivity contribution in [3.8, 4) is 0 Å². The van der Waals surface area contributed by atoms with Crippen molar-refractivity contribution in [2.24, 2.45) is 0 Å². The van der Waals surface area contributed by atoms with Gasteiger partial charge in [0.05, 0.1) is 12.5 Å². The first kappa shape index (κ1) is 17.2. The molecule has 6 nitrogen and oxygen atoms in total. The van der Waals surface area contributed by atoms with Crippen LogP contribution in [0.3, 0.4) is 0 Å². The van der Waals surface area contributed by atoms with Crippen molar-refractivity contribution in [1.82, 2.24) is 4.98 Å². The van der Waals surface area contributed by atoms with Gasteiger partial charge in [-0.05, 0) is 36.9 Å². The van der Waals surface area contributed by atoms with Crippen molar-refractivity contribution in [3.63, 3.8) is 0 Å².